The maximum absolute atomic E-state index is 13.7. The number of amides is 4. The van der Waals surface area contributed by atoms with Crippen LogP contribution in [0.5, 0.6) is 0 Å². The van der Waals surface area contributed by atoms with Gasteiger partial charge in [0.15, 0.2) is 0 Å². The first-order chi connectivity index (χ1) is 19.8. The van der Waals surface area contributed by atoms with Gasteiger partial charge in [0.2, 0.25) is 11.8 Å². The summed E-state index contributed by atoms with van der Waals surface area (Å²) in [6.07, 6.45) is 10.4. The third kappa shape index (κ3) is 7.99. The van der Waals surface area contributed by atoms with Gasteiger partial charge in [0.1, 0.15) is 23.2 Å². The van der Waals surface area contributed by atoms with E-state index in [0.717, 1.165) is 12.8 Å². The molecule has 13 nitrogen and oxygen atoms in total. The zero-order valence-electron chi connectivity index (χ0n) is 24.2. The molecular formula is C28H40N6O7S. The molecule has 42 heavy (non-hydrogen) atoms. The number of aromatic nitrogens is 1. The second-order valence-corrected chi connectivity index (χ2v) is 13.4. The highest BCUT2D eigenvalue weighted by atomic mass is 32.2. The minimum absolute atomic E-state index is 0.218. The van der Waals surface area contributed by atoms with Crippen molar-refractivity contribution in [1.82, 2.24) is 25.2 Å². The standard InChI is InChI=1S/C28H40N6O7S/c1-27(2,3)41-26(38)30-21-11-8-6-4-5-7-10-19-18-28(19,31-23(35)22-12-9-17-34(22)24(21)36)25(37)33-42(39,40)32-20-13-15-29-16-14-20/h7,10,13-16,19,21-22H,4-6,8-9,11-12,17-18H2,1-3H3,(H,29,32)(H,30,38)(H,31,35)(H,33,37)/b10-7-/t19-,21-,22-,28+/m0/s1. The summed E-state index contributed by atoms with van der Waals surface area (Å²) in [5.41, 5.74) is -2.01. The number of nitrogens with one attached hydrogen (secondary N) is 4. The maximum Gasteiger partial charge on any atom is 0.408 e. The number of anilines is 1. The van der Waals surface area contributed by atoms with E-state index < -0.39 is 57.3 Å². The Bertz CT molecular complexity index is 1310. The van der Waals surface area contributed by atoms with Gasteiger partial charge in [0.05, 0.1) is 5.69 Å². The highest BCUT2D eigenvalue weighted by Crippen LogP contribution is 2.45. The number of allylic oxidation sites excluding steroid dienone is 1. The SMILES string of the molecule is CC(C)(C)OC(=O)N[C@H]1CCCCC/C=C\[C@H]2C[C@@]2(C(=O)NS(=O)(=O)Nc2ccncc2)NC(=O)[C@@H]2CCCN2C1=O. The molecule has 1 saturated heterocycles. The Morgan fingerprint density at radius 1 is 1.10 bits per heavy atom. The first-order valence-corrected chi connectivity index (χ1v) is 15.8. The Morgan fingerprint density at radius 3 is 2.55 bits per heavy atom. The molecule has 0 aromatic carbocycles. The van der Waals surface area contributed by atoms with E-state index in [1.54, 1.807) is 20.8 Å². The molecule has 4 rings (SSSR count). The van der Waals surface area contributed by atoms with Crippen molar-refractivity contribution in [3.63, 3.8) is 0 Å². The van der Waals surface area contributed by atoms with Crippen LogP contribution in [0.4, 0.5) is 10.5 Å². The number of hydrogen-bond acceptors (Lipinski definition) is 8. The Labute approximate surface area is 246 Å². The normalized spacial score (nSPS) is 27.7. The summed E-state index contributed by atoms with van der Waals surface area (Å²) in [5, 5.41) is 5.49. The summed E-state index contributed by atoms with van der Waals surface area (Å²) >= 11 is 0. The van der Waals surface area contributed by atoms with Crippen LogP contribution in [-0.2, 0) is 29.3 Å². The van der Waals surface area contributed by atoms with Crippen molar-refractivity contribution in [2.24, 2.45) is 5.92 Å². The van der Waals surface area contributed by atoms with E-state index in [1.165, 1.54) is 29.4 Å². The predicted octanol–water partition coefficient (Wildman–Crippen LogP) is 2.13. The zero-order valence-corrected chi connectivity index (χ0v) is 25.0. The van der Waals surface area contributed by atoms with E-state index in [4.69, 9.17) is 4.74 Å². The summed E-state index contributed by atoms with van der Waals surface area (Å²) in [6, 6.07) is 1.14. The third-order valence-corrected chi connectivity index (χ3v) is 8.44. The summed E-state index contributed by atoms with van der Waals surface area (Å²) in [5.74, 6) is -2.20. The van der Waals surface area contributed by atoms with E-state index in [0.29, 0.717) is 38.6 Å². The van der Waals surface area contributed by atoms with Crippen LogP contribution in [0, 0.1) is 5.92 Å². The van der Waals surface area contributed by atoms with Crippen LogP contribution in [0.15, 0.2) is 36.7 Å². The van der Waals surface area contributed by atoms with Gasteiger partial charge in [-0.1, -0.05) is 25.0 Å². The molecule has 4 amide bonds. The summed E-state index contributed by atoms with van der Waals surface area (Å²) < 4.78 is 35.2. The number of hydrogen-bond donors (Lipinski definition) is 4. The highest BCUT2D eigenvalue weighted by Gasteiger charge is 2.61. The van der Waals surface area contributed by atoms with E-state index in [-0.39, 0.29) is 18.0 Å². The van der Waals surface area contributed by atoms with E-state index in [1.807, 2.05) is 16.9 Å². The van der Waals surface area contributed by atoms with Gasteiger partial charge in [0, 0.05) is 24.9 Å². The summed E-state index contributed by atoms with van der Waals surface area (Å²) in [6.45, 7) is 5.51. The van der Waals surface area contributed by atoms with Gasteiger partial charge in [0.25, 0.3) is 5.91 Å². The molecule has 1 aromatic heterocycles. The summed E-state index contributed by atoms with van der Waals surface area (Å²) in [4.78, 5) is 58.5. The van der Waals surface area contributed by atoms with Crippen LogP contribution in [0.2, 0.25) is 0 Å². The molecule has 0 bridgehead atoms. The molecule has 1 aliphatic carbocycles. The zero-order chi connectivity index (χ0) is 30.5. The lowest BCUT2D eigenvalue weighted by molar-refractivity contribution is -0.141. The molecule has 0 radical (unpaired) electrons. The van der Waals surface area contributed by atoms with Crippen LogP contribution in [0.25, 0.3) is 0 Å². The maximum atomic E-state index is 13.7. The Hall–Kier alpha value is -3.68. The number of ether oxygens (including phenoxy) is 1. The van der Waals surface area contributed by atoms with Gasteiger partial charge in [-0.2, -0.15) is 8.42 Å². The quantitative estimate of drug-likeness (QED) is 0.370. The summed E-state index contributed by atoms with van der Waals surface area (Å²) in [7, 11) is -4.31. The molecule has 230 valence electrons. The van der Waals surface area contributed by atoms with Crippen molar-refractivity contribution >= 4 is 39.7 Å². The largest absolute Gasteiger partial charge is 0.444 e. The monoisotopic (exact) mass is 604 g/mol. The van der Waals surface area contributed by atoms with Crippen LogP contribution in [-0.4, -0.2) is 71.9 Å². The van der Waals surface area contributed by atoms with Gasteiger partial charge >= 0.3 is 16.3 Å². The number of rotatable bonds is 5. The number of fused-ring (bicyclic) bond motifs is 2. The molecule has 14 heteroatoms. The number of nitrogens with zero attached hydrogens (tertiary/aromatic N) is 2. The van der Waals surface area contributed by atoms with Crippen LogP contribution < -0.4 is 20.1 Å². The number of alkyl carbamates (subject to hydrolysis) is 1. The molecule has 4 atom stereocenters. The average Bonchev–Trinajstić information content (AvgIpc) is 3.35. The van der Waals surface area contributed by atoms with Crippen LogP contribution in [0.1, 0.15) is 72.1 Å². The van der Waals surface area contributed by atoms with Gasteiger partial charge in [-0.3, -0.25) is 24.1 Å². The molecule has 2 fully saturated rings. The number of carbonyl (C=O) groups excluding carboxylic acids is 4. The van der Waals surface area contributed by atoms with Crippen molar-refractivity contribution in [3.05, 3.63) is 36.7 Å². The molecule has 0 spiro atoms. The molecule has 3 heterocycles. The molecule has 0 unspecified atom stereocenters. The van der Waals surface area contributed by atoms with Gasteiger partial charge < -0.3 is 20.3 Å². The Morgan fingerprint density at radius 2 is 1.83 bits per heavy atom. The van der Waals surface area contributed by atoms with Crippen molar-refractivity contribution in [1.29, 1.82) is 0 Å². The number of carbonyl (C=O) groups is 4. The fourth-order valence-electron chi connectivity index (χ4n) is 5.36. The van der Waals surface area contributed by atoms with Crippen molar-refractivity contribution in [3.8, 4) is 0 Å². The highest BCUT2D eigenvalue weighted by molar-refractivity contribution is 7.91. The van der Waals surface area contributed by atoms with Crippen molar-refractivity contribution in [2.45, 2.75) is 95.4 Å². The molecule has 1 aromatic rings. The molecule has 1 saturated carbocycles. The van der Waals surface area contributed by atoms with Crippen LogP contribution in [0.3, 0.4) is 0 Å². The average molecular weight is 605 g/mol. The number of pyridine rings is 1. The second kappa shape index (κ2) is 12.7. The first kappa shape index (κ1) is 31.3. The first-order valence-electron chi connectivity index (χ1n) is 14.3. The Kier molecular flexibility index (Phi) is 9.43. The predicted molar refractivity (Wildman–Crippen MR) is 154 cm³/mol. The molecule has 4 N–H and O–H groups in total. The molecule has 2 aliphatic heterocycles. The van der Waals surface area contributed by atoms with Crippen molar-refractivity contribution < 1.29 is 32.3 Å². The molecule has 3 aliphatic rings. The smallest absolute Gasteiger partial charge is 0.408 e. The minimum atomic E-state index is -4.31. The van der Waals surface area contributed by atoms with Gasteiger partial charge in [-0.25, -0.2) is 9.52 Å². The second-order valence-electron chi connectivity index (χ2n) is 12.0. The molecular weight excluding hydrogens is 564 g/mol. The lowest BCUT2D eigenvalue weighted by Crippen LogP contribution is -2.58. The van der Waals surface area contributed by atoms with E-state index >= 15 is 0 Å². The topological polar surface area (TPSA) is 176 Å². The fourth-order valence-corrected chi connectivity index (χ4v) is 6.28. The Balaban J connectivity index is 1.53. The lowest BCUT2D eigenvalue weighted by atomic mass is 10.0. The van der Waals surface area contributed by atoms with Gasteiger partial charge in [-0.05, 0) is 71.4 Å². The van der Waals surface area contributed by atoms with Gasteiger partial charge in [-0.15, -0.1) is 0 Å². The van der Waals surface area contributed by atoms with E-state index in [9.17, 15) is 27.6 Å². The van der Waals surface area contributed by atoms with E-state index in [2.05, 4.69) is 20.3 Å². The van der Waals surface area contributed by atoms with Crippen molar-refractivity contribution in [2.75, 3.05) is 11.3 Å². The van der Waals surface area contributed by atoms with Crippen LogP contribution >= 0.6 is 0 Å². The fraction of sp³-hybridized carbons (Fsp3) is 0.607. The minimum Gasteiger partial charge on any atom is -0.444 e. The third-order valence-electron chi connectivity index (χ3n) is 7.49. The lowest BCUT2D eigenvalue weighted by Gasteiger charge is -2.30.